The zero-order valence-electron chi connectivity index (χ0n) is 10.5. The van der Waals surface area contributed by atoms with Gasteiger partial charge in [0.05, 0.1) is 8.66 Å². The van der Waals surface area contributed by atoms with E-state index in [-0.39, 0.29) is 12.5 Å². The molecule has 3 nitrogen and oxygen atoms in total. The van der Waals surface area contributed by atoms with Gasteiger partial charge in [-0.25, -0.2) is 0 Å². The zero-order chi connectivity index (χ0) is 13.8. The van der Waals surface area contributed by atoms with E-state index in [0.717, 1.165) is 21.1 Å². The summed E-state index contributed by atoms with van der Waals surface area (Å²) >= 11 is 8.20. The molecule has 0 aliphatic heterocycles. The molecule has 2 N–H and O–H groups in total. The number of aliphatic hydroxyl groups is 1. The SMILES string of the molecule is O=C(NCC1CCCCC1CO)c1cc(Br)c(Br)s1. The highest BCUT2D eigenvalue weighted by Crippen LogP contribution is 2.33. The molecule has 6 heteroatoms. The van der Waals surface area contributed by atoms with Gasteiger partial charge in [-0.05, 0) is 62.6 Å². The lowest BCUT2D eigenvalue weighted by molar-refractivity contribution is 0.0913. The van der Waals surface area contributed by atoms with E-state index >= 15 is 0 Å². The average molecular weight is 411 g/mol. The number of carbonyl (C=O) groups is 1. The number of rotatable bonds is 4. The van der Waals surface area contributed by atoms with E-state index in [0.29, 0.717) is 23.3 Å². The number of hydrogen-bond donors (Lipinski definition) is 2. The lowest BCUT2D eigenvalue weighted by Crippen LogP contribution is -2.35. The van der Waals surface area contributed by atoms with Gasteiger partial charge in [0.2, 0.25) is 0 Å². The molecule has 1 aliphatic rings. The van der Waals surface area contributed by atoms with Crippen LogP contribution in [0.2, 0.25) is 0 Å². The molecule has 2 unspecified atom stereocenters. The number of carbonyl (C=O) groups excluding carboxylic acids is 1. The van der Waals surface area contributed by atoms with Crippen LogP contribution in [-0.2, 0) is 0 Å². The monoisotopic (exact) mass is 409 g/mol. The first kappa shape index (κ1) is 15.5. The molecule has 19 heavy (non-hydrogen) atoms. The van der Waals surface area contributed by atoms with Gasteiger partial charge in [0.15, 0.2) is 0 Å². The number of halogens is 2. The third-order valence-electron chi connectivity index (χ3n) is 3.69. The van der Waals surface area contributed by atoms with Gasteiger partial charge in [0, 0.05) is 17.6 Å². The lowest BCUT2D eigenvalue weighted by atomic mass is 9.79. The summed E-state index contributed by atoms with van der Waals surface area (Å²) in [5.74, 6) is 0.726. The Bertz CT molecular complexity index is 430. The van der Waals surface area contributed by atoms with Crippen LogP contribution in [0.4, 0.5) is 0 Å². The van der Waals surface area contributed by atoms with E-state index in [2.05, 4.69) is 37.2 Å². The van der Waals surface area contributed by atoms with Gasteiger partial charge in [-0.2, -0.15) is 0 Å². The first-order chi connectivity index (χ1) is 9.11. The largest absolute Gasteiger partial charge is 0.396 e. The Balaban J connectivity index is 1.89. The summed E-state index contributed by atoms with van der Waals surface area (Å²) in [5.41, 5.74) is 0. The molecular weight excluding hydrogens is 394 g/mol. The van der Waals surface area contributed by atoms with Crippen LogP contribution in [0.25, 0.3) is 0 Å². The fourth-order valence-electron chi connectivity index (χ4n) is 2.56. The van der Waals surface area contributed by atoms with E-state index in [4.69, 9.17) is 0 Å². The minimum Gasteiger partial charge on any atom is -0.396 e. The molecule has 0 radical (unpaired) electrons. The summed E-state index contributed by atoms with van der Waals surface area (Å²) in [6, 6.07) is 1.83. The van der Waals surface area contributed by atoms with Crippen LogP contribution < -0.4 is 5.32 Å². The lowest BCUT2D eigenvalue weighted by Gasteiger charge is -2.30. The van der Waals surface area contributed by atoms with Crippen molar-refractivity contribution in [2.24, 2.45) is 11.8 Å². The summed E-state index contributed by atoms with van der Waals surface area (Å²) in [5, 5.41) is 12.4. The molecule has 1 heterocycles. The van der Waals surface area contributed by atoms with Gasteiger partial charge in [-0.1, -0.05) is 12.8 Å². The molecule has 0 spiro atoms. The van der Waals surface area contributed by atoms with Crippen LogP contribution in [0.3, 0.4) is 0 Å². The van der Waals surface area contributed by atoms with Crippen molar-refractivity contribution in [3.05, 3.63) is 19.2 Å². The molecule has 0 bridgehead atoms. The number of hydrogen-bond acceptors (Lipinski definition) is 3. The van der Waals surface area contributed by atoms with Crippen LogP contribution in [0.5, 0.6) is 0 Å². The minimum absolute atomic E-state index is 0.0290. The van der Waals surface area contributed by atoms with Crippen molar-refractivity contribution in [2.45, 2.75) is 25.7 Å². The Morgan fingerprint density at radius 3 is 2.63 bits per heavy atom. The third kappa shape index (κ3) is 4.03. The Hall–Kier alpha value is 0.0900. The molecule has 2 atom stereocenters. The highest BCUT2D eigenvalue weighted by molar-refractivity contribution is 9.13. The first-order valence-electron chi connectivity index (χ1n) is 6.45. The van der Waals surface area contributed by atoms with Crippen molar-refractivity contribution < 1.29 is 9.90 Å². The quantitative estimate of drug-likeness (QED) is 0.792. The van der Waals surface area contributed by atoms with Crippen LogP contribution in [0, 0.1) is 11.8 Å². The van der Waals surface area contributed by atoms with E-state index in [1.807, 2.05) is 6.07 Å². The summed E-state index contributed by atoms with van der Waals surface area (Å²) < 4.78 is 1.84. The van der Waals surface area contributed by atoms with Crippen molar-refractivity contribution >= 4 is 49.1 Å². The fraction of sp³-hybridized carbons (Fsp3) is 0.615. The maximum absolute atomic E-state index is 12.0. The number of thiophene rings is 1. The Morgan fingerprint density at radius 2 is 2.05 bits per heavy atom. The van der Waals surface area contributed by atoms with Crippen LogP contribution in [0.1, 0.15) is 35.4 Å². The second-order valence-corrected chi connectivity index (χ2v) is 8.15. The summed E-state index contributed by atoms with van der Waals surface area (Å²) in [6.45, 7) is 0.897. The van der Waals surface area contributed by atoms with Crippen molar-refractivity contribution in [1.29, 1.82) is 0 Å². The van der Waals surface area contributed by atoms with E-state index < -0.39 is 0 Å². The van der Waals surface area contributed by atoms with Gasteiger partial charge in [-0.3, -0.25) is 4.79 Å². The Morgan fingerprint density at radius 1 is 1.37 bits per heavy atom. The van der Waals surface area contributed by atoms with Crippen LogP contribution in [0.15, 0.2) is 14.3 Å². The number of aliphatic hydroxyl groups excluding tert-OH is 1. The average Bonchev–Trinajstić information content (AvgIpc) is 2.76. The molecule has 1 aliphatic carbocycles. The van der Waals surface area contributed by atoms with Gasteiger partial charge in [0.25, 0.3) is 5.91 Å². The van der Waals surface area contributed by atoms with Crippen LogP contribution in [-0.4, -0.2) is 24.2 Å². The molecule has 0 saturated heterocycles. The smallest absolute Gasteiger partial charge is 0.261 e. The van der Waals surface area contributed by atoms with E-state index in [1.54, 1.807) is 0 Å². The Kier molecular flexibility index (Phi) is 5.87. The highest BCUT2D eigenvalue weighted by atomic mass is 79.9. The second-order valence-electron chi connectivity index (χ2n) is 4.93. The number of amides is 1. The Labute approximate surface area is 134 Å². The first-order valence-corrected chi connectivity index (χ1v) is 8.86. The second kappa shape index (κ2) is 7.20. The molecule has 1 saturated carbocycles. The molecule has 0 aromatic carbocycles. The van der Waals surface area contributed by atoms with Gasteiger partial charge in [0.1, 0.15) is 0 Å². The summed E-state index contributed by atoms with van der Waals surface area (Å²) in [7, 11) is 0. The maximum atomic E-state index is 12.0. The van der Waals surface area contributed by atoms with Crippen molar-refractivity contribution in [1.82, 2.24) is 5.32 Å². The van der Waals surface area contributed by atoms with Gasteiger partial charge in [-0.15, -0.1) is 11.3 Å². The molecular formula is C13H17Br2NO2S. The maximum Gasteiger partial charge on any atom is 0.261 e. The van der Waals surface area contributed by atoms with Crippen molar-refractivity contribution in [2.75, 3.05) is 13.2 Å². The zero-order valence-corrected chi connectivity index (χ0v) is 14.5. The predicted molar refractivity (Wildman–Crippen MR) is 84.6 cm³/mol. The highest BCUT2D eigenvalue weighted by Gasteiger charge is 2.25. The topological polar surface area (TPSA) is 49.3 Å². The molecule has 1 aromatic heterocycles. The number of nitrogens with one attached hydrogen (secondary N) is 1. The standard InChI is InChI=1S/C13H17Br2NO2S/c14-10-5-11(19-12(10)15)13(18)16-6-8-3-1-2-4-9(8)7-17/h5,8-9,17H,1-4,6-7H2,(H,16,18). The minimum atomic E-state index is -0.0290. The molecule has 1 fully saturated rings. The van der Waals surface area contributed by atoms with E-state index in [1.165, 1.54) is 24.2 Å². The predicted octanol–water partition coefficient (Wildman–Crippen LogP) is 3.80. The normalized spacial score (nSPS) is 23.3. The molecule has 2 rings (SSSR count). The summed E-state index contributed by atoms with van der Waals surface area (Å²) in [4.78, 5) is 12.7. The summed E-state index contributed by atoms with van der Waals surface area (Å²) in [6.07, 6.45) is 4.57. The van der Waals surface area contributed by atoms with E-state index in [9.17, 15) is 9.90 Å². The molecule has 106 valence electrons. The molecule has 1 amide bonds. The van der Waals surface area contributed by atoms with Crippen molar-refractivity contribution in [3.63, 3.8) is 0 Å². The third-order valence-corrected chi connectivity index (χ3v) is 6.95. The van der Waals surface area contributed by atoms with Crippen LogP contribution >= 0.6 is 43.2 Å². The fourth-order valence-corrected chi connectivity index (χ4v) is 4.51. The van der Waals surface area contributed by atoms with Gasteiger partial charge < -0.3 is 10.4 Å². The van der Waals surface area contributed by atoms with Gasteiger partial charge >= 0.3 is 0 Å². The molecule has 1 aromatic rings. The van der Waals surface area contributed by atoms with Crippen molar-refractivity contribution in [3.8, 4) is 0 Å².